The number of hydrogen-bond donors (Lipinski definition) is 0. The van der Waals surface area contributed by atoms with Crippen molar-refractivity contribution in [2.45, 2.75) is 19.0 Å². The molecule has 4 rings (SSSR count). The summed E-state index contributed by atoms with van der Waals surface area (Å²) in [6.45, 7) is 6.19. The Morgan fingerprint density at radius 2 is 1.27 bits per heavy atom. The molecule has 0 bridgehead atoms. The maximum Gasteiger partial charge on any atom is 0.414 e. The molecule has 5 nitrogen and oxygen atoms in total. The first kappa shape index (κ1) is 23.0. The lowest BCUT2D eigenvalue weighted by Gasteiger charge is -2.42. The number of amides is 1. The van der Waals surface area contributed by atoms with Crippen LogP contribution in [0.5, 0.6) is 5.75 Å². The molecule has 1 amide bonds. The summed E-state index contributed by atoms with van der Waals surface area (Å²) in [4.78, 5) is 18.4. The van der Waals surface area contributed by atoms with Crippen molar-refractivity contribution in [1.82, 2.24) is 14.7 Å². The highest BCUT2D eigenvalue weighted by atomic mass is 16.6. The summed E-state index contributed by atoms with van der Waals surface area (Å²) in [5.74, 6) is 0.588. The van der Waals surface area contributed by atoms with E-state index in [2.05, 4.69) is 83.5 Å². The second-order valence-corrected chi connectivity index (χ2v) is 8.81. The minimum Gasteiger partial charge on any atom is -0.410 e. The summed E-state index contributed by atoms with van der Waals surface area (Å²) in [5.41, 5.74) is 3.83. The summed E-state index contributed by atoms with van der Waals surface area (Å²) >= 11 is 0. The largest absolute Gasteiger partial charge is 0.414 e. The number of hydrogen-bond acceptors (Lipinski definition) is 4. The minimum atomic E-state index is -0.360. The lowest BCUT2D eigenvalue weighted by Crippen LogP contribution is -2.48. The number of piperazine rings is 1. The summed E-state index contributed by atoms with van der Waals surface area (Å²) in [6, 6.07) is 30.0. The molecule has 0 radical (unpaired) electrons. The van der Waals surface area contributed by atoms with E-state index in [-0.39, 0.29) is 18.2 Å². The smallest absolute Gasteiger partial charge is 0.410 e. The highest BCUT2D eigenvalue weighted by Gasteiger charge is 2.28. The van der Waals surface area contributed by atoms with Gasteiger partial charge in [-0.3, -0.25) is 9.80 Å². The predicted octanol–water partition coefficient (Wildman–Crippen LogP) is 5.22. The molecule has 1 saturated heterocycles. The SMILES string of the molecule is CC(c1cccc(OC(=O)N(C)C)c1)N1CCN(C(c2ccccc2)c2ccccc2)CC1. The third-order valence-electron chi connectivity index (χ3n) is 6.40. The van der Waals surface area contributed by atoms with E-state index < -0.39 is 0 Å². The molecule has 1 unspecified atom stereocenters. The van der Waals surface area contributed by atoms with Crippen LogP contribution in [0.3, 0.4) is 0 Å². The maximum atomic E-state index is 11.9. The molecule has 1 atom stereocenters. The molecule has 0 aliphatic carbocycles. The number of nitrogens with zero attached hydrogens (tertiary/aromatic N) is 3. The first-order valence-corrected chi connectivity index (χ1v) is 11.6. The van der Waals surface area contributed by atoms with Crippen LogP contribution < -0.4 is 4.74 Å². The van der Waals surface area contributed by atoms with Crippen molar-refractivity contribution in [3.63, 3.8) is 0 Å². The Bertz CT molecular complexity index is 992. The molecular weight excluding hydrogens is 410 g/mol. The van der Waals surface area contributed by atoms with Crippen molar-refractivity contribution in [2.75, 3.05) is 40.3 Å². The zero-order valence-corrected chi connectivity index (χ0v) is 19.7. The number of rotatable bonds is 6. The molecule has 1 aliphatic rings. The van der Waals surface area contributed by atoms with Gasteiger partial charge in [0.1, 0.15) is 5.75 Å². The molecule has 0 aromatic heterocycles. The fourth-order valence-electron chi connectivity index (χ4n) is 4.51. The van der Waals surface area contributed by atoms with Gasteiger partial charge in [-0.25, -0.2) is 4.79 Å². The molecule has 0 saturated carbocycles. The highest BCUT2D eigenvalue weighted by molar-refractivity contribution is 5.70. The molecular formula is C28H33N3O2. The van der Waals surface area contributed by atoms with E-state index in [9.17, 15) is 4.79 Å². The Kier molecular flexibility index (Phi) is 7.43. The van der Waals surface area contributed by atoms with Crippen LogP contribution in [0, 0.1) is 0 Å². The summed E-state index contributed by atoms with van der Waals surface area (Å²) < 4.78 is 5.46. The van der Waals surface area contributed by atoms with Gasteiger partial charge in [0.2, 0.25) is 0 Å². The third-order valence-corrected chi connectivity index (χ3v) is 6.40. The van der Waals surface area contributed by atoms with Gasteiger partial charge in [0, 0.05) is 46.3 Å². The van der Waals surface area contributed by atoms with Gasteiger partial charge >= 0.3 is 6.09 Å². The van der Waals surface area contributed by atoms with E-state index in [4.69, 9.17) is 4.74 Å². The molecule has 1 fully saturated rings. The van der Waals surface area contributed by atoms with Crippen LogP contribution in [0.15, 0.2) is 84.9 Å². The molecule has 33 heavy (non-hydrogen) atoms. The first-order valence-electron chi connectivity index (χ1n) is 11.6. The first-order chi connectivity index (χ1) is 16.0. The van der Waals surface area contributed by atoms with Gasteiger partial charge in [-0.1, -0.05) is 72.8 Å². The summed E-state index contributed by atoms with van der Waals surface area (Å²) in [5, 5.41) is 0. The number of carbonyl (C=O) groups is 1. The van der Waals surface area contributed by atoms with Crippen molar-refractivity contribution >= 4 is 6.09 Å². The van der Waals surface area contributed by atoms with Crippen LogP contribution in [0.4, 0.5) is 4.79 Å². The van der Waals surface area contributed by atoms with Crippen LogP contribution in [-0.2, 0) is 0 Å². The molecule has 1 heterocycles. The van der Waals surface area contributed by atoms with Gasteiger partial charge in [0.25, 0.3) is 0 Å². The van der Waals surface area contributed by atoms with Crippen molar-refractivity contribution < 1.29 is 9.53 Å². The molecule has 3 aromatic rings. The Morgan fingerprint density at radius 3 is 1.82 bits per heavy atom. The quantitative estimate of drug-likeness (QED) is 0.524. The minimum absolute atomic E-state index is 0.247. The molecule has 3 aromatic carbocycles. The van der Waals surface area contributed by atoms with E-state index in [1.807, 2.05) is 18.2 Å². The zero-order chi connectivity index (χ0) is 23.2. The summed E-state index contributed by atoms with van der Waals surface area (Å²) in [7, 11) is 3.37. The van der Waals surface area contributed by atoms with Gasteiger partial charge in [-0.2, -0.15) is 0 Å². The molecule has 172 valence electrons. The average molecular weight is 444 g/mol. The van der Waals surface area contributed by atoms with Gasteiger partial charge in [-0.15, -0.1) is 0 Å². The monoisotopic (exact) mass is 443 g/mol. The Morgan fingerprint density at radius 1 is 0.758 bits per heavy atom. The van der Waals surface area contributed by atoms with Crippen LogP contribution in [-0.4, -0.2) is 61.1 Å². The molecule has 0 spiro atoms. The molecule has 1 aliphatic heterocycles. The van der Waals surface area contributed by atoms with Gasteiger partial charge < -0.3 is 9.64 Å². The molecule has 0 N–H and O–H groups in total. The van der Waals surface area contributed by atoms with E-state index in [0.717, 1.165) is 31.7 Å². The highest BCUT2D eigenvalue weighted by Crippen LogP contribution is 2.31. The zero-order valence-electron chi connectivity index (χ0n) is 19.7. The Hall–Kier alpha value is -3.15. The Balaban J connectivity index is 1.45. The van der Waals surface area contributed by atoms with Gasteiger partial charge in [-0.05, 0) is 35.7 Å². The third kappa shape index (κ3) is 5.62. The standard InChI is InChI=1S/C28H33N3O2/c1-22(25-15-10-16-26(21-25)33-28(32)29(2)3)30-17-19-31(20-18-30)27(23-11-6-4-7-12-23)24-13-8-5-9-14-24/h4-16,21-22,27H,17-20H2,1-3H3. The fourth-order valence-corrected chi connectivity index (χ4v) is 4.51. The van der Waals surface area contributed by atoms with E-state index >= 15 is 0 Å². The molecule has 5 heteroatoms. The van der Waals surface area contributed by atoms with E-state index in [1.54, 1.807) is 14.1 Å². The normalized spacial score (nSPS) is 15.9. The Labute approximate surface area is 197 Å². The van der Waals surface area contributed by atoms with Crippen LogP contribution in [0.25, 0.3) is 0 Å². The van der Waals surface area contributed by atoms with E-state index in [1.165, 1.54) is 16.0 Å². The average Bonchev–Trinajstić information content (AvgIpc) is 2.86. The topological polar surface area (TPSA) is 36.0 Å². The van der Waals surface area contributed by atoms with Crippen molar-refractivity contribution in [3.05, 3.63) is 102 Å². The number of ether oxygens (including phenoxy) is 1. The lowest BCUT2D eigenvalue weighted by atomic mass is 9.96. The predicted molar refractivity (Wildman–Crippen MR) is 132 cm³/mol. The van der Waals surface area contributed by atoms with Crippen LogP contribution in [0.1, 0.15) is 35.7 Å². The van der Waals surface area contributed by atoms with Crippen molar-refractivity contribution in [3.8, 4) is 5.75 Å². The number of benzene rings is 3. The van der Waals surface area contributed by atoms with Crippen LogP contribution >= 0.6 is 0 Å². The number of carbonyl (C=O) groups excluding carboxylic acids is 1. The second kappa shape index (κ2) is 10.6. The van der Waals surface area contributed by atoms with Gasteiger partial charge in [0.15, 0.2) is 0 Å². The summed E-state index contributed by atoms with van der Waals surface area (Å²) in [6.07, 6.45) is -0.360. The van der Waals surface area contributed by atoms with Gasteiger partial charge in [0.05, 0.1) is 6.04 Å². The van der Waals surface area contributed by atoms with Crippen molar-refractivity contribution in [2.24, 2.45) is 0 Å². The van der Waals surface area contributed by atoms with Crippen molar-refractivity contribution in [1.29, 1.82) is 0 Å². The second-order valence-electron chi connectivity index (χ2n) is 8.81. The van der Waals surface area contributed by atoms with Crippen LogP contribution in [0.2, 0.25) is 0 Å². The maximum absolute atomic E-state index is 11.9. The lowest BCUT2D eigenvalue weighted by molar-refractivity contribution is 0.0838. The van der Waals surface area contributed by atoms with E-state index in [0.29, 0.717) is 5.75 Å². The fraction of sp³-hybridized carbons (Fsp3) is 0.321.